The molecule has 2 unspecified atom stereocenters. The molecule has 0 aromatic rings. The molecule has 1 aliphatic carbocycles. The van der Waals surface area contributed by atoms with Crippen LogP contribution in [0.1, 0.15) is 32.6 Å². The fraction of sp³-hybridized carbons (Fsp3) is 1.00. The minimum Gasteiger partial charge on any atom is -0.375 e. The summed E-state index contributed by atoms with van der Waals surface area (Å²) in [4.78, 5) is 2.63. The lowest BCUT2D eigenvalue weighted by atomic mass is 9.90. The number of likely N-dealkylation sites (N-methyl/N-ethyl adjacent to an activating group) is 1. The van der Waals surface area contributed by atoms with Gasteiger partial charge in [-0.2, -0.15) is 0 Å². The fourth-order valence-electron chi connectivity index (χ4n) is 2.85. The maximum Gasteiger partial charge on any atom is 0.0730 e. The molecule has 0 amide bonds. The monoisotopic (exact) mass is 212 g/mol. The number of ether oxygens (including phenoxy) is 1. The third kappa shape index (κ3) is 2.92. The molecule has 1 saturated heterocycles. The lowest BCUT2D eigenvalue weighted by Crippen LogP contribution is -2.54. The van der Waals surface area contributed by atoms with Crippen LogP contribution in [0.2, 0.25) is 0 Å². The summed E-state index contributed by atoms with van der Waals surface area (Å²) in [7, 11) is 0. The summed E-state index contributed by atoms with van der Waals surface area (Å²) >= 11 is 0. The van der Waals surface area contributed by atoms with Gasteiger partial charge in [0.05, 0.1) is 12.7 Å². The van der Waals surface area contributed by atoms with Gasteiger partial charge in [0.2, 0.25) is 0 Å². The van der Waals surface area contributed by atoms with Crippen molar-refractivity contribution in [2.75, 3.05) is 32.8 Å². The Balaban J connectivity index is 1.81. The molecule has 2 atom stereocenters. The lowest BCUT2D eigenvalue weighted by Gasteiger charge is -2.43. The summed E-state index contributed by atoms with van der Waals surface area (Å²) in [5, 5.41) is 3.41. The number of morpholine rings is 1. The Morgan fingerprint density at radius 3 is 3.07 bits per heavy atom. The molecule has 0 aromatic carbocycles. The zero-order valence-electron chi connectivity index (χ0n) is 9.87. The molecular formula is C12H24N2O. The van der Waals surface area contributed by atoms with Crippen LogP contribution in [0.25, 0.3) is 0 Å². The molecule has 2 rings (SSSR count). The van der Waals surface area contributed by atoms with Crippen LogP contribution in [0.15, 0.2) is 0 Å². The highest BCUT2D eigenvalue weighted by molar-refractivity contribution is 4.87. The van der Waals surface area contributed by atoms with Crippen molar-refractivity contribution < 1.29 is 4.74 Å². The summed E-state index contributed by atoms with van der Waals surface area (Å²) in [5.74, 6) is 0. The molecule has 2 fully saturated rings. The summed E-state index contributed by atoms with van der Waals surface area (Å²) in [5.41, 5.74) is 0. The molecule has 3 heteroatoms. The molecule has 1 N–H and O–H groups in total. The average molecular weight is 212 g/mol. The smallest absolute Gasteiger partial charge is 0.0730 e. The largest absolute Gasteiger partial charge is 0.375 e. The van der Waals surface area contributed by atoms with Gasteiger partial charge in [-0.25, -0.2) is 0 Å². The standard InChI is InChI=1S/C12H24N2O/c1-2-13-7-8-14-9-10-15-12-6-4-3-5-11(12)14/h11-13H,2-10H2,1H3. The van der Waals surface area contributed by atoms with E-state index in [1.165, 1.54) is 32.2 Å². The molecule has 0 bridgehead atoms. The highest BCUT2D eigenvalue weighted by Crippen LogP contribution is 2.27. The molecule has 3 nitrogen and oxygen atoms in total. The average Bonchev–Trinajstić information content (AvgIpc) is 2.30. The van der Waals surface area contributed by atoms with E-state index in [1.54, 1.807) is 0 Å². The van der Waals surface area contributed by atoms with Gasteiger partial charge in [-0.1, -0.05) is 19.8 Å². The van der Waals surface area contributed by atoms with Gasteiger partial charge in [-0.05, 0) is 19.4 Å². The summed E-state index contributed by atoms with van der Waals surface area (Å²) in [6, 6.07) is 0.714. The van der Waals surface area contributed by atoms with Crippen LogP contribution in [-0.4, -0.2) is 49.8 Å². The molecule has 0 radical (unpaired) electrons. The maximum atomic E-state index is 5.86. The van der Waals surface area contributed by atoms with Crippen molar-refractivity contribution in [1.82, 2.24) is 10.2 Å². The Labute approximate surface area is 93.2 Å². The summed E-state index contributed by atoms with van der Waals surface area (Å²) < 4.78 is 5.86. The fourth-order valence-corrected chi connectivity index (χ4v) is 2.85. The van der Waals surface area contributed by atoms with E-state index in [9.17, 15) is 0 Å². The van der Waals surface area contributed by atoms with Gasteiger partial charge in [0, 0.05) is 25.7 Å². The predicted octanol–water partition coefficient (Wildman–Crippen LogP) is 1.24. The minimum atomic E-state index is 0.536. The first-order chi connectivity index (χ1) is 7.42. The molecule has 1 aliphatic heterocycles. The normalized spacial score (nSPS) is 32.6. The van der Waals surface area contributed by atoms with Crippen molar-refractivity contribution in [2.24, 2.45) is 0 Å². The van der Waals surface area contributed by atoms with Crippen LogP contribution < -0.4 is 5.32 Å². The molecule has 0 aromatic heterocycles. The van der Waals surface area contributed by atoms with Crippen molar-refractivity contribution in [2.45, 2.75) is 44.8 Å². The van der Waals surface area contributed by atoms with Gasteiger partial charge in [-0.3, -0.25) is 4.90 Å². The van der Waals surface area contributed by atoms with Crippen LogP contribution in [0.5, 0.6) is 0 Å². The maximum absolute atomic E-state index is 5.86. The molecule has 15 heavy (non-hydrogen) atoms. The van der Waals surface area contributed by atoms with Crippen LogP contribution in [0, 0.1) is 0 Å². The van der Waals surface area contributed by atoms with E-state index in [-0.39, 0.29) is 0 Å². The Kier molecular flexibility index (Phi) is 4.42. The van der Waals surface area contributed by atoms with Gasteiger partial charge >= 0.3 is 0 Å². The van der Waals surface area contributed by atoms with E-state index < -0.39 is 0 Å². The lowest BCUT2D eigenvalue weighted by molar-refractivity contribution is -0.0873. The quantitative estimate of drug-likeness (QED) is 0.710. The molecular weight excluding hydrogens is 188 g/mol. The highest BCUT2D eigenvalue weighted by atomic mass is 16.5. The van der Waals surface area contributed by atoms with E-state index in [1.807, 2.05) is 0 Å². The second kappa shape index (κ2) is 5.83. The minimum absolute atomic E-state index is 0.536. The zero-order chi connectivity index (χ0) is 10.5. The summed E-state index contributed by atoms with van der Waals surface area (Å²) in [6.07, 6.45) is 5.91. The third-order valence-corrected chi connectivity index (χ3v) is 3.67. The first-order valence-electron chi connectivity index (χ1n) is 6.48. The molecule has 1 heterocycles. The van der Waals surface area contributed by atoms with Crippen molar-refractivity contribution in [1.29, 1.82) is 0 Å². The molecule has 88 valence electrons. The number of nitrogens with one attached hydrogen (secondary N) is 1. The number of hydrogen-bond acceptors (Lipinski definition) is 3. The van der Waals surface area contributed by atoms with Gasteiger partial charge < -0.3 is 10.1 Å². The van der Waals surface area contributed by atoms with Crippen LogP contribution in [0.3, 0.4) is 0 Å². The SMILES string of the molecule is CCNCCN1CCOC2CCCCC21. The van der Waals surface area contributed by atoms with Crippen molar-refractivity contribution >= 4 is 0 Å². The number of hydrogen-bond donors (Lipinski definition) is 1. The van der Waals surface area contributed by atoms with E-state index >= 15 is 0 Å². The summed E-state index contributed by atoms with van der Waals surface area (Å²) in [6.45, 7) is 7.64. The predicted molar refractivity (Wildman–Crippen MR) is 62.1 cm³/mol. The third-order valence-electron chi connectivity index (χ3n) is 3.67. The van der Waals surface area contributed by atoms with Gasteiger partial charge in [0.25, 0.3) is 0 Å². The van der Waals surface area contributed by atoms with Crippen molar-refractivity contribution in [3.05, 3.63) is 0 Å². The van der Waals surface area contributed by atoms with Crippen molar-refractivity contribution in [3.63, 3.8) is 0 Å². The first-order valence-corrected chi connectivity index (χ1v) is 6.48. The van der Waals surface area contributed by atoms with E-state index in [4.69, 9.17) is 4.74 Å². The van der Waals surface area contributed by atoms with Gasteiger partial charge in [-0.15, -0.1) is 0 Å². The molecule has 0 spiro atoms. The number of nitrogens with zero attached hydrogens (tertiary/aromatic N) is 1. The zero-order valence-corrected chi connectivity index (χ0v) is 9.87. The number of fused-ring (bicyclic) bond motifs is 1. The van der Waals surface area contributed by atoms with E-state index in [2.05, 4.69) is 17.1 Å². The first kappa shape index (κ1) is 11.4. The Morgan fingerprint density at radius 2 is 2.20 bits per heavy atom. The Morgan fingerprint density at radius 1 is 1.33 bits per heavy atom. The van der Waals surface area contributed by atoms with Gasteiger partial charge in [0.1, 0.15) is 0 Å². The Hall–Kier alpha value is -0.120. The number of rotatable bonds is 4. The van der Waals surface area contributed by atoms with E-state index in [0.717, 1.165) is 26.2 Å². The second-order valence-electron chi connectivity index (χ2n) is 4.65. The highest BCUT2D eigenvalue weighted by Gasteiger charge is 2.33. The van der Waals surface area contributed by atoms with Crippen molar-refractivity contribution in [3.8, 4) is 0 Å². The van der Waals surface area contributed by atoms with Gasteiger partial charge in [0.15, 0.2) is 0 Å². The van der Waals surface area contributed by atoms with Crippen LogP contribution >= 0.6 is 0 Å². The Bertz CT molecular complexity index is 184. The van der Waals surface area contributed by atoms with Crippen LogP contribution in [-0.2, 0) is 4.74 Å². The molecule has 1 saturated carbocycles. The topological polar surface area (TPSA) is 24.5 Å². The molecule has 2 aliphatic rings. The second-order valence-corrected chi connectivity index (χ2v) is 4.65. The van der Waals surface area contributed by atoms with E-state index in [0.29, 0.717) is 12.1 Å². The van der Waals surface area contributed by atoms with Crippen LogP contribution in [0.4, 0.5) is 0 Å².